The molecule has 0 aliphatic carbocycles. The normalized spacial score (nSPS) is 15.5. The van der Waals surface area contributed by atoms with Crippen LogP contribution in [0.2, 0.25) is 0 Å². The minimum atomic E-state index is -3.48. The maximum Gasteiger partial charge on any atom is 0.240 e. The van der Waals surface area contributed by atoms with E-state index in [1.807, 2.05) is 13.8 Å². The maximum absolute atomic E-state index is 11.8. The third-order valence-corrected chi connectivity index (χ3v) is 4.45. The second kappa shape index (κ2) is 5.62. The highest BCUT2D eigenvalue weighted by atomic mass is 32.2. The molecular weight excluding hydrogens is 238 g/mol. The van der Waals surface area contributed by atoms with Gasteiger partial charge in [-0.3, -0.25) is 0 Å². The fraction of sp³-hybridized carbons (Fsp3) is 0.500. The van der Waals surface area contributed by atoms with Crippen molar-refractivity contribution in [3.63, 3.8) is 0 Å². The van der Waals surface area contributed by atoms with Gasteiger partial charge >= 0.3 is 0 Å². The van der Waals surface area contributed by atoms with E-state index >= 15 is 0 Å². The Hall–Kier alpha value is -0.910. The second-order valence-electron chi connectivity index (χ2n) is 4.01. The number of benzene rings is 1. The average molecular weight is 257 g/mol. The molecule has 0 amide bonds. The molecule has 0 saturated heterocycles. The molecule has 1 rings (SSSR count). The molecule has 17 heavy (non-hydrogen) atoms. The van der Waals surface area contributed by atoms with Gasteiger partial charge in [-0.2, -0.15) is 0 Å². The van der Waals surface area contributed by atoms with Crippen molar-refractivity contribution in [2.24, 2.45) is 0 Å². The van der Waals surface area contributed by atoms with E-state index in [1.165, 1.54) is 7.05 Å². The zero-order valence-corrected chi connectivity index (χ0v) is 11.2. The minimum absolute atomic E-state index is 0.209. The fourth-order valence-electron chi connectivity index (χ4n) is 1.77. The monoisotopic (exact) mass is 257 g/mol. The van der Waals surface area contributed by atoms with Gasteiger partial charge in [-0.1, -0.05) is 32.0 Å². The van der Waals surface area contributed by atoms with Crippen molar-refractivity contribution in [3.05, 3.63) is 29.8 Å². The predicted molar refractivity (Wildman–Crippen MR) is 67.4 cm³/mol. The van der Waals surface area contributed by atoms with Crippen LogP contribution in [-0.2, 0) is 10.0 Å². The lowest BCUT2D eigenvalue weighted by Gasteiger charge is -2.20. The van der Waals surface area contributed by atoms with Crippen molar-refractivity contribution in [1.82, 2.24) is 4.72 Å². The highest BCUT2D eigenvalue weighted by molar-refractivity contribution is 7.89. The van der Waals surface area contributed by atoms with Crippen LogP contribution in [0.1, 0.15) is 31.7 Å². The van der Waals surface area contributed by atoms with Crippen molar-refractivity contribution < 1.29 is 13.5 Å². The molecule has 0 aliphatic heterocycles. The van der Waals surface area contributed by atoms with E-state index in [0.717, 1.165) is 0 Å². The van der Waals surface area contributed by atoms with E-state index in [1.54, 1.807) is 24.3 Å². The Balaban J connectivity index is 3.26. The van der Waals surface area contributed by atoms with Gasteiger partial charge in [0.25, 0.3) is 0 Å². The van der Waals surface area contributed by atoms with Gasteiger partial charge in [0, 0.05) is 5.92 Å². The number of aliphatic hydroxyl groups excluding tert-OH is 1. The Labute approximate surface area is 103 Å². The largest absolute Gasteiger partial charge is 0.393 e. The van der Waals surface area contributed by atoms with Gasteiger partial charge < -0.3 is 5.11 Å². The zero-order chi connectivity index (χ0) is 13.1. The molecule has 1 aromatic rings. The molecule has 0 aliphatic rings. The quantitative estimate of drug-likeness (QED) is 0.839. The summed E-state index contributed by atoms with van der Waals surface area (Å²) in [6.07, 6.45) is 0.0537. The number of rotatable bonds is 5. The van der Waals surface area contributed by atoms with Crippen LogP contribution in [0.5, 0.6) is 0 Å². The van der Waals surface area contributed by atoms with Gasteiger partial charge in [0.2, 0.25) is 10.0 Å². The van der Waals surface area contributed by atoms with Crippen molar-refractivity contribution in [2.45, 2.75) is 37.2 Å². The van der Waals surface area contributed by atoms with Gasteiger partial charge in [-0.25, -0.2) is 13.1 Å². The van der Waals surface area contributed by atoms with Gasteiger partial charge in [0.1, 0.15) is 0 Å². The van der Waals surface area contributed by atoms with Crippen LogP contribution >= 0.6 is 0 Å². The summed E-state index contributed by atoms with van der Waals surface area (Å²) >= 11 is 0. The van der Waals surface area contributed by atoms with Crippen molar-refractivity contribution >= 4 is 10.0 Å². The molecule has 1 aromatic carbocycles. The molecule has 0 radical (unpaired) electrons. The van der Waals surface area contributed by atoms with Crippen LogP contribution in [0.3, 0.4) is 0 Å². The molecule has 0 bridgehead atoms. The molecule has 0 spiro atoms. The van der Waals surface area contributed by atoms with E-state index in [4.69, 9.17) is 0 Å². The summed E-state index contributed by atoms with van der Waals surface area (Å²) in [4.78, 5) is 0.238. The first-order chi connectivity index (χ1) is 7.94. The summed E-state index contributed by atoms with van der Waals surface area (Å²) in [6, 6.07) is 6.76. The topological polar surface area (TPSA) is 66.4 Å². The molecular formula is C12H19NO3S. The molecule has 2 N–H and O–H groups in total. The second-order valence-corrected chi connectivity index (χ2v) is 5.86. The molecule has 2 atom stereocenters. The fourth-order valence-corrected chi connectivity index (χ4v) is 2.81. The van der Waals surface area contributed by atoms with Crippen molar-refractivity contribution in [2.75, 3.05) is 7.05 Å². The Bertz CT molecular complexity index is 470. The smallest absolute Gasteiger partial charge is 0.240 e. The van der Waals surface area contributed by atoms with Crippen LogP contribution in [0.25, 0.3) is 0 Å². The average Bonchev–Trinajstić information content (AvgIpc) is 2.36. The number of aliphatic hydroxyl groups is 1. The van der Waals surface area contributed by atoms with Crippen molar-refractivity contribution in [1.29, 1.82) is 0 Å². The summed E-state index contributed by atoms with van der Waals surface area (Å²) in [5.74, 6) is -0.209. The molecule has 0 aromatic heterocycles. The molecule has 0 saturated carbocycles. The molecule has 96 valence electrons. The van der Waals surface area contributed by atoms with Crippen LogP contribution in [0.4, 0.5) is 0 Å². The van der Waals surface area contributed by atoms with E-state index in [9.17, 15) is 13.5 Å². The maximum atomic E-state index is 11.8. The summed E-state index contributed by atoms with van der Waals surface area (Å²) in [7, 11) is -2.09. The summed E-state index contributed by atoms with van der Waals surface area (Å²) < 4.78 is 26.0. The molecule has 2 unspecified atom stereocenters. The summed E-state index contributed by atoms with van der Waals surface area (Å²) in [6.45, 7) is 3.70. The predicted octanol–water partition coefficient (Wildman–Crippen LogP) is 1.47. The number of sulfonamides is 1. The zero-order valence-electron chi connectivity index (χ0n) is 10.3. The molecule has 4 nitrogen and oxygen atoms in total. The Kier molecular flexibility index (Phi) is 4.68. The molecule has 0 fully saturated rings. The SMILES string of the molecule is CCC(O)C(C)c1ccccc1S(=O)(=O)NC. The van der Waals surface area contributed by atoms with Crippen LogP contribution < -0.4 is 4.72 Å². The number of nitrogens with one attached hydrogen (secondary N) is 1. The number of hydrogen-bond donors (Lipinski definition) is 2. The third-order valence-electron chi connectivity index (χ3n) is 2.96. The highest BCUT2D eigenvalue weighted by Gasteiger charge is 2.23. The van der Waals surface area contributed by atoms with Gasteiger partial charge in [0.15, 0.2) is 0 Å². The lowest BCUT2D eigenvalue weighted by Crippen LogP contribution is -2.23. The van der Waals surface area contributed by atoms with Crippen LogP contribution in [-0.4, -0.2) is 26.7 Å². The molecule has 0 heterocycles. The van der Waals surface area contributed by atoms with Gasteiger partial charge in [-0.15, -0.1) is 0 Å². The van der Waals surface area contributed by atoms with Gasteiger partial charge in [0.05, 0.1) is 11.0 Å². The van der Waals surface area contributed by atoms with Gasteiger partial charge in [-0.05, 0) is 25.1 Å². The van der Waals surface area contributed by atoms with Crippen LogP contribution in [0.15, 0.2) is 29.2 Å². The Morgan fingerprint density at radius 2 is 1.94 bits per heavy atom. The first-order valence-corrected chi connectivity index (χ1v) is 7.13. The van der Waals surface area contributed by atoms with E-state index in [2.05, 4.69) is 4.72 Å². The summed E-state index contributed by atoms with van der Waals surface area (Å²) in [5, 5.41) is 9.83. The third kappa shape index (κ3) is 3.06. The van der Waals surface area contributed by atoms with E-state index < -0.39 is 16.1 Å². The van der Waals surface area contributed by atoms with Crippen LogP contribution in [0, 0.1) is 0 Å². The number of hydrogen-bond acceptors (Lipinski definition) is 3. The van der Waals surface area contributed by atoms with E-state index in [0.29, 0.717) is 12.0 Å². The molecule has 5 heteroatoms. The Morgan fingerprint density at radius 3 is 2.47 bits per heavy atom. The lowest BCUT2D eigenvalue weighted by molar-refractivity contribution is 0.144. The standard InChI is InChI=1S/C12H19NO3S/c1-4-11(14)9(2)10-7-5-6-8-12(10)17(15,16)13-3/h5-9,11,13-14H,4H2,1-3H3. The highest BCUT2D eigenvalue weighted by Crippen LogP contribution is 2.27. The Morgan fingerprint density at radius 1 is 1.35 bits per heavy atom. The summed E-state index contributed by atoms with van der Waals surface area (Å²) in [5.41, 5.74) is 0.649. The minimum Gasteiger partial charge on any atom is -0.393 e. The first-order valence-electron chi connectivity index (χ1n) is 5.64. The lowest BCUT2D eigenvalue weighted by atomic mass is 9.94. The van der Waals surface area contributed by atoms with Crippen molar-refractivity contribution in [3.8, 4) is 0 Å². The first kappa shape index (κ1) is 14.2. The van der Waals surface area contributed by atoms with E-state index in [-0.39, 0.29) is 10.8 Å².